The van der Waals surface area contributed by atoms with Gasteiger partial charge in [0, 0.05) is 6.42 Å². The lowest BCUT2D eigenvalue weighted by Crippen LogP contribution is -2.57. The fourth-order valence-corrected chi connectivity index (χ4v) is 3.65. The maximum atomic E-state index is 13.0. The lowest BCUT2D eigenvalue weighted by Gasteiger charge is -2.33. The fourth-order valence-electron chi connectivity index (χ4n) is 3.65. The molecule has 1 fully saturated rings. The third kappa shape index (κ3) is 6.50. The Hall–Kier alpha value is -3.06. The van der Waals surface area contributed by atoms with Crippen molar-refractivity contribution in [3.8, 4) is 5.75 Å². The Labute approximate surface area is 195 Å². The Morgan fingerprint density at radius 3 is 2.26 bits per heavy atom. The van der Waals surface area contributed by atoms with Gasteiger partial charge in [0.1, 0.15) is 18.6 Å². The number of carboxylic acid groups (broad SMARTS) is 1. The number of rotatable bonds is 14. The van der Waals surface area contributed by atoms with Crippen LogP contribution in [0.1, 0.15) is 40.0 Å². The summed E-state index contributed by atoms with van der Waals surface area (Å²) in [6.07, 6.45) is -1.08. The van der Waals surface area contributed by atoms with Gasteiger partial charge in [0.05, 0.1) is 63.2 Å². The number of carbonyl (C=O) groups is 4. The minimum absolute atomic E-state index is 0.0493. The lowest BCUT2D eigenvalue weighted by molar-refractivity contribution is -0.138. The molecule has 34 heavy (non-hydrogen) atoms. The molecule has 3 amide bonds. The largest absolute Gasteiger partial charge is 0.490 e. The topological polar surface area (TPSA) is 161 Å². The van der Waals surface area contributed by atoms with E-state index in [2.05, 4.69) is 5.32 Å². The van der Waals surface area contributed by atoms with Crippen LogP contribution >= 0.6 is 0 Å². The summed E-state index contributed by atoms with van der Waals surface area (Å²) in [4.78, 5) is 48.6. The maximum absolute atomic E-state index is 13.0. The second-order valence-corrected chi connectivity index (χ2v) is 7.61. The molecular formula is C22H28N2O10. The quantitative estimate of drug-likeness (QED) is 0.240. The van der Waals surface area contributed by atoms with Gasteiger partial charge in [-0.1, -0.05) is 6.07 Å². The number of piperidine rings is 1. The summed E-state index contributed by atoms with van der Waals surface area (Å²) < 4.78 is 21.5. The number of amides is 3. The van der Waals surface area contributed by atoms with Gasteiger partial charge >= 0.3 is 5.97 Å². The van der Waals surface area contributed by atoms with Gasteiger partial charge in [-0.05, 0) is 18.6 Å². The van der Waals surface area contributed by atoms with E-state index in [0.717, 1.165) is 4.90 Å². The molecule has 1 aromatic carbocycles. The van der Waals surface area contributed by atoms with Gasteiger partial charge in [-0.2, -0.15) is 0 Å². The minimum atomic E-state index is -1.32. The van der Waals surface area contributed by atoms with Gasteiger partial charge in [-0.15, -0.1) is 0 Å². The molecule has 12 heteroatoms. The number of carbonyl (C=O) groups excluding carboxylic acids is 3. The summed E-state index contributed by atoms with van der Waals surface area (Å²) >= 11 is 0. The molecule has 186 valence electrons. The zero-order valence-corrected chi connectivity index (χ0v) is 18.6. The van der Waals surface area contributed by atoms with E-state index in [9.17, 15) is 24.3 Å². The molecule has 3 N–H and O–H groups in total. The number of hydrogen-bond donors (Lipinski definition) is 3. The Bertz CT molecular complexity index is 906. The summed E-state index contributed by atoms with van der Waals surface area (Å²) in [5, 5.41) is 21.0. The molecule has 2 heterocycles. The maximum Gasteiger partial charge on any atom is 0.305 e. The van der Waals surface area contributed by atoms with Crippen molar-refractivity contribution in [3.63, 3.8) is 0 Å². The van der Waals surface area contributed by atoms with Crippen LogP contribution in [-0.2, 0) is 23.8 Å². The predicted octanol–water partition coefficient (Wildman–Crippen LogP) is -0.217. The van der Waals surface area contributed by atoms with Crippen molar-refractivity contribution < 1.29 is 48.3 Å². The first kappa shape index (κ1) is 25.6. The molecule has 12 nitrogen and oxygen atoms in total. The van der Waals surface area contributed by atoms with Gasteiger partial charge in [0.25, 0.3) is 11.8 Å². The molecular weight excluding hydrogens is 452 g/mol. The number of imide groups is 1. The smallest absolute Gasteiger partial charge is 0.305 e. The molecule has 2 aliphatic heterocycles. The minimum Gasteiger partial charge on any atom is -0.490 e. The zero-order chi connectivity index (χ0) is 24.5. The number of aliphatic carboxylic acids is 1. The van der Waals surface area contributed by atoms with Crippen molar-refractivity contribution in [3.05, 3.63) is 29.3 Å². The Kier molecular flexibility index (Phi) is 9.33. The van der Waals surface area contributed by atoms with Crippen LogP contribution in [0.15, 0.2) is 18.2 Å². The first-order valence-electron chi connectivity index (χ1n) is 11.0. The highest BCUT2D eigenvalue weighted by Crippen LogP contribution is 2.34. The second kappa shape index (κ2) is 12.4. The van der Waals surface area contributed by atoms with E-state index < -0.39 is 30.1 Å². The molecule has 1 saturated heterocycles. The van der Waals surface area contributed by atoms with Crippen molar-refractivity contribution in [2.45, 2.75) is 31.5 Å². The molecule has 2 atom stereocenters. The van der Waals surface area contributed by atoms with Gasteiger partial charge < -0.3 is 34.5 Å². The zero-order valence-electron chi connectivity index (χ0n) is 18.6. The van der Waals surface area contributed by atoms with Crippen molar-refractivity contribution in [2.75, 3.05) is 46.2 Å². The molecule has 0 radical (unpaired) electrons. The van der Waals surface area contributed by atoms with Crippen LogP contribution in [0.4, 0.5) is 0 Å². The van der Waals surface area contributed by atoms with E-state index in [0.29, 0.717) is 26.4 Å². The van der Waals surface area contributed by atoms with Gasteiger partial charge in [-0.25, -0.2) is 0 Å². The first-order chi connectivity index (χ1) is 16.4. The van der Waals surface area contributed by atoms with E-state index in [-0.39, 0.29) is 61.9 Å². The van der Waals surface area contributed by atoms with E-state index in [4.69, 9.17) is 24.1 Å². The molecule has 1 aromatic rings. The van der Waals surface area contributed by atoms with E-state index in [1.807, 2.05) is 0 Å². The molecule has 0 bridgehead atoms. The van der Waals surface area contributed by atoms with Gasteiger partial charge in [0.15, 0.2) is 0 Å². The normalized spacial score (nSPS) is 19.8. The van der Waals surface area contributed by atoms with Crippen molar-refractivity contribution >= 4 is 23.7 Å². The van der Waals surface area contributed by atoms with Crippen LogP contribution in [0.25, 0.3) is 0 Å². The Morgan fingerprint density at radius 2 is 1.62 bits per heavy atom. The predicted molar refractivity (Wildman–Crippen MR) is 114 cm³/mol. The summed E-state index contributed by atoms with van der Waals surface area (Å²) in [5.41, 5.74) is 0.314. The number of nitrogens with zero attached hydrogens (tertiary/aromatic N) is 1. The van der Waals surface area contributed by atoms with Gasteiger partial charge in [0.2, 0.25) is 5.91 Å². The lowest BCUT2D eigenvalue weighted by atomic mass is 10.0. The van der Waals surface area contributed by atoms with Gasteiger partial charge in [-0.3, -0.25) is 24.1 Å². The molecule has 0 aliphatic carbocycles. The standard InChI is InChI=1S/C22H28N2O10/c25-17-5-4-15(20(28)23-17)24-21(29)14-2-1-3-16(19(14)22(24)30)34-13-12-33-11-10-32-9-8-31-7-6-18(26)27/h1-3,15,20,28H,4-13H2,(H,23,25)(H,26,27). The molecule has 2 aliphatic rings. The molecule has 3 rings (SSSR count). The average Bonchev–Trinajstić information content (AvgIpc) is 3.05. The van der Waals surface area contributed by atoms with Crippen LogP contribution in [0.3, 0.4) is 0 Å². The van der Waals surface area contributed by atoms with Crippen LogP contribution < -0.4 is 10.1 Å². The number of nitrogens with one attached hydrogen (secondary N) is 1. The van der Waals surface area contributed by atoms with Crippen molar-refractivity contribution in [2.24, 2.45) is 0 Å². The van der Waals surface area contributed by atoms with Crippen LogP contribution in [0.5, 0.6) is 5.75 Å². The Morgan fingerprint density at radius 1 is 0.971 bits per heavy atom. The number of ether oxygens (including phenoxy) is 4. The van der Waals surface area contributed by atoms with Crippen molar-refractivity contribution in [1.82, 2.24) is 10.2 Å². The molecule has 2 unspecified atom stereocenters. The SMILES string of the molecule is O=C(O)CCOCCOCCOCCOc1cccc2c1C(=O)N(C1CCC(=O)NC1O)C2=O. The number of aliphatic hydroxyl groups excluding tert-OH is 1. The second-order valence-electron chi connectivity index (χ2n) is 7.61. The summed E-state index contributed by atoms with van der Waals surface area (Å²) in [6.45, 7) is 1.75. The van der Waals surface area contributed by atoms with E-state index >= 15 is 0 Å². The van der Waals surface area contributed by atoms with E-state index in [1.165, 1.54) is 6.07 Å². The number of aliphatic hydroxyl groups is 1. The fraction of sp³-hybridized carbons (Fsp3) is 0.545. The number of fused-ring (bicyclic) bond motifs is 1. The third-order valence-electron chi connectivity index (χ3n) is 5.27. The van der Waals surface area contributed by atoms with Crippen molar-refractivity contribution in [1.29, 1.82) is 0 Å². The number of benzene rings is 1. The number of hydrogen-bond acceptors (Lipinski definition) is 9. The highest BCUT2D eigenvalue weighted by molar-refractivity contribution is 6.22. The molecule has 0 spiro atoms. The highest BCUT2D eigenvalue weighted by Gasteiger charge is 2.45. The Balaban J connectivity index is 1.40. The first-order valence-corrected chi connectivity index (χ1v) is 11.0. The highest BCUT2D eigenvalue weighted by atomic mass is 16.6. The van der Waals surface area contributed by atoms with Crippen LogP contribution in [0.2, 0.25) is 0 Å². The summed E-state index contributed by atoms with van der Waals surface area (Å²) in [7, 11) is 0. The van der Waals surface area contributed by atoms with Crippen LogP contribution in [-0.4, -0.2) is 97.3 Å². The summed E-state index contributed by atoms with van der Waals surface area (Å²) in [5.74, 6) is -2.12. The summed E-state index contributed by atoms with van der Waals surface area (Å²) in [6, 6.07) is 3.87. The number of carboxylic acids is 1. The molecule has 0 aromatic heterocycles. The van der Waals surface area contributed by atoms with E-state index in [1.54, 1.807) is 12.1 Å². The molecule has 0 saturated carbocycles. The third-order valence-corrected chi connectivity index (χ3v) is 5.27. The monoisotopic (exact) mass is 480 g/mol. The average molecular weight is 480 g/mol. The van der Waals surface area contributed by atoms with Crippen LogP contribution in [0, 0.1) is 0 Å².